The Morgan fingerprint density at radius 1 is 1.47 bits per heavy atom. The predicted molar refractivity (Wildman–Crippen MR) is 71.7 cm³/mol. The summed E-state index contributed by atoms with van der Waals surface area (Å²) in [5, 5.41) is 9.35. The monoisotopic (exact) mass is 267 g/mol. The van der Waals surface area contributed by atoms with E-state index < -0.39 is 0 Å². The first-order chi connectivity index (χ1) is 9.10. The number of amides is 2. The first-order valence-electron chi connectivity index (χ1n) is 6.31. The second-order valence-corrected chi connectivity index (χ2v) is 4.19. The van der Waals surface area contributed by atoms with Crippen molar-refractivity contribution in [2.45, 2.75) is 26.3 Å². The second-order valence-electron chi connectivity index (χ2n) is 4.19. The molecule has 1 aromatic heterocycles. The van der Waals surface area contributed by atoms with Gasteiger partial charge in [-0.15, -0.1) is 0 Å². The first-order valence-corrected chi connectivity index (χ1v) is 6.31. The highest BCUT2D eigenvalue weighted by Crippen LogP contribution is 2.07. The van der Waals surface area contributed by atoms with E-state index in [9.17, 15) is 9.59 Å². The van der Waals surface area contributed by atoms with Gasteiger partial charge in [0.25, 0.3) is 5.91 Å². The minimum atomic E-state index is -0.208. The average Bonchev–Trinajstić information content (AvgIpc) is 2.77. The number of carbonyl (C=O) groups excluding carboxylic acids is 2. The molecule has 106 valence electrons. The number of nitrogens with two attached hydrogens (primary N) is 1. The van der Waals surface area contributed by atoms with Crippen molar-refractivity contribution < 1.29 is 9.59 Å². The zero-order chi connectivity index (χ0) is 14.3. The zero-order valence-corrected chi connectivity index (χ0v) is 11.4. The maximum atomic E-state index is 11.9. The lowest BCUT2D eigenvalue weighted by molar-refractivity contribution is -0.120. The van der Waals surface area contributed by atoms with Gasteiger partial charge in [-0.25, -0.2) is 0 Å². The minimum Gasteiger partial charge on any atom is -0.359 e. The number of nitrogens with one attached hydrogen (secondary N) is 2. The second kappa shape index (κ2) is 7.52. The molecule has 0 radical (unpaired) electrons. The van der Waals surface area contributed by atoms with Crippen LogP contribution in [0.1, 0.15) is 28.9 Å². The molecule has 0 aliphatic heterocycles. The Bertz CT molecular complexity index is 441. The summed E-state index contributed by atoms with van der Waals surface area (Å²) in [4.78, 5) is 22.9. The van der Waals surface area contributed by atoms with Crippen LogP contribution < -0.4 is 16.4 Å². The topological polar surface area (TPSA) is 102 Å². The Kier molecular flexibility index (Phi) is 6.01. The number of nitrogens with zero attached hydrogens (tertiary/aromatic N) is 2. The number of hydrogen-bond acceptors (Lipinski definition) is 4. The van der Waals surface area contributed by atoms with Crippen LogP contribution in [0.4, 0.5) is 0 Å². The molecule has 0 bridgehead atoms. The lowest BCUT2D eigenvalue weighted by Gasteiger charge is -2.06. The Hall–Kier alpha value is -1.89. The smallest absolute Gasteiger partial charge is 0.254 e. The van der Waals surface area contributed by atoms with Crippen LogP contribution in [0, 0.1) is 6.92 Å². The number of aryl methyl sites for hydroxylation is 1. The number of carbonyl (C=O) groups is 2. The fourth-order valence-corrected chi connectivity index (χ4v) is 1.65. The molecule has 2 amide bonds. The molecular weight excluding hydrogens is 246 g/mol. The summed E-state index contributed by atoms with van der Waals surface area (Å²) in [7, 11) is 1.57. The van der Waals surface area contributed by atoms with Gasteiger partial charge >= 0.3 is 0 Å². The molecule has 0 aliphatic rings. The maximum Gasteiger partial charge on any atom is 0.254 e. The van der Waals surface area contributed by atoms with Crippen LogP contribution in [-0.2, 0) is 11.3 Å². The summed E-state index contributed by atoms with van der Waals surface area (Å²) in [6.07, 6.45) is 2.63. The van der Waals surface area contributed by atoms with E-state index in [-0.39, 0.29) is 18.2 Å². The van der Waals surface area contributed by atoms with Crippen molar-refractivity contribution >= 4 is 11.8 Å². The van der Waals surface area contributed by atoms with Crippen molar-refractivity contribution in [3.05, 3.63) is 17.5 Å². The summed E-state index contributed by atoms with van der Waals surface area (Å²) in [5.41, 5.74) is 6.79. The van der Waals surface area contributed by atoms with Crippen molar-refractivity contribution in [1.29, 1.82) is 0 Å². The third-order valence-corrected chi connectivity index (χ3v) is 2.84. The molecule has 1 aromatic rings. The van der Waals surface area contributed by atoms with Crippen LogP contribution in [0.2, 0.25) is 0 Å². The standard InChI is InChI=1S/C12H21N5O2/c1-9-10(8-16-17(9)7-3-5-13)12(19)15-6-4-11(18)14-2/h8H,3-7,13H2,1-2H3,(H,14,18)(H,15,19). The lowest BCUT2D eigenvalue weighted by Crippen LogP contribution is -2.29. The van der Waals surface area contributed by atoms with Gasteiger partial charge in [-0.1, -0.05) is 0 Å². The minimum absolute atomic E-state index is 0.101. The lowest BCUT2D eigenvalue weighted by atomic mass is 10.2. The molecule has 0 fully saturated rings. The molecule has 1 heterocycles. The van der Waals surface area contributed by atoms with Gasteiger partial charge < -0.3 is 16.4 Å². The predicted octanol–water partition coefficient (Wildman–Crippen LogP) is -0.594. The summed E-state index contributed by atoms with van der Waals surface area (Å²) in [6.45, 7) is 3.45. The molecule has 0 spiro atoms. The van der Waals surface area contributed by atoms with Crippen LogP contribution in [0.15, 0.2) is 6.20 Å². The van der Waals surface area contributed by atoms with Crippen LogP contribution in [0.25, 0.3) is 0 Å². The van der Waals surface area contributed by atoms with Gasteiger partial charge in [-0.05, 0) is 19.9 Å². The highest BCUT2D eigenvalue weighted by Gasteiger charge is 2.13. The van der Waals surface area contributed by atoms with E-state index in [0.717, 1.165) is 12.1 Å². The maximum absolute atomic E-state index is 11.9. The van der Waals surface area contributed by atoms with E-state index in [1.807, 2.05) is 6.92 Å². The van der Waals surface area contributed by atoms with E-state index >= 15 is 0 Å². The Morgan fingerprint density at radius 3 is 2.84 bits per heavy atom. The molecule has 0 atom stereocenters. The average molecular weight is 267 g/mol. The fourth-order valence-electron chi connectivity index (χ4n) is 1.65. The van der Waals surface area contributed by atoms with Crippen molar-refractivity contribution in [3.63, 3.8) is 0 Å². The Balaban J connectivity index is 2.52. The normalized spacial score (nSPS) is 10.3. The summed E-state index contributed by atoms with van der Waals surface area (Å²) in [5.74, 6) is -0.309. The summed E-state index contributed by atoms with van der Waals surface area (Å²) >= 11 is 0. The fraction of sp³-hybridized carbons (Fsp3) is 0.583. The van der Waals surface area contributed by atoms with Crippen molar-refractivity contribution in [2.24, 2.45) is 5.73 Å². The van der Waals surface area contributed by atoms with Crippen molar-refractivity contribution in [1.82, 2.24) is 20.4 Å². The molecule has 1 rings (SSSR count). The van der Waals surface area contributed by atoms with Gasteiger partial charge in [0.05, 0.1) is 11.8 Å². The third-order valence-electron chi connectivity index (χ3n) is 2.84. The summed E-state index contributed by atoms with van der Waals surface area (Å²) in [6, 6.07) is 0. The molecule has 0 saturated heterocycles. The van der Waals surface area contributed by atoms with Crippen molar-refractivity contribution in [2.75, 3.05) is 20.1 Å². The Labute approximate surface area is 112 Å². The van der Waals surface area contributed by atoms with Gasteiger partial charge in [0.15, 0.2) is 0 Å². The van der Waals surface area contributed by atoms with E-state index in [0.29, 0.717) is 25.2 Å². The molecular formula is C12H21N5O2. The summed E-state index contributed by atoms with van der Waals surface area (Å²) < 4.78 is 1.76. The Morgan fingerprint density at radius 2 is 2.21 bits per heavy atom. The molecule has 7 nitrogen and oxygen atoms in total. The van der Waals surface area contributed by atoms with E-state index in [1.54, 1.807) is 17.9 Å². The van der Waals surface area contributed by atoms with Gasteiger partial charge in [-0.3, -0.25) is 14.3 Å². The molecule has 19 heavy (non-hydrogen) atoms. The third kappa shape index (κ3) is 4.36. The molecule has 0 saturated carbocycles. The zero-order valence-electron chi connectivity index (χ0n) is 11.4. The first kappa shape index (κ1) is 15.2. The van der Waals surface area contributed by atoms with E-state index in [2.05, 4.69) is 15.7 Å². The largest absolute Gasteiger partial charge is 0.359 e. The van der Waals surface area contributed by atoms with Gasteiger partial charge in [0.2, 0.25) is 5.91 Å². The van der Waals surface area contributed by atoms with Gasteiger partial charge in [0.1, 0.15) is 0 Å². The SMILES string of the molecule is CNC(=O)CCNC(=O)c1cnn(CCCN)c1C. The van der Waals surface area contributed by atoms with E-state index in [4.69, 9.17) is 5.73 Å². The molecule has 4 N–H and O–H groups in total. The molecule has 0 unspecified atom stereocenters. The highest BCUT2D eigenvalue weighted by atomic mass is 16.2. The van der Waals surface area contributed by atoms with Gasteiger partial charge in [0, 0.05) is 32.3 Å². The van der Waals surface area contributed by atoms with Crippen LogP contribution in [-0.4, -0.2) is 41.7 Å². The number of rotatable bonds is 7. The highest BCUT2D eigenvalue weighted by molar-refractivity contribution is 5.95. The van der Waals surface area contributed by atoms with Crippen LogP contribution in [0.3, 0.4) is 0 Å². The van der Waals surface area contributed by atoms with Crippen LogP contribution >= 0.6 is 0 Å². The quantitative estimate of drug-likeness (QED) is 0.614. The number of hydrogen-bond donors (Lipinski definition) is 3. The molecule has 0 aliphatic carbocycles. The van der Waals surface area contributed by atoms with E-state index in [1.165, 1.54) is 0 Å². The molecule has 7 heteroatoms. The molecule has 0 aromatic carbocycles. The van der Waals surface area contributed by atoms with Crippen molar-refractivity contribution in [3.8, 4) is 0 Å². The van der Waals surface area contributed by atoms with Gasteiger partial charge in [-0.2, -0.15) is 5.10 Å². The van der Waals surface area contributed by atoms with Crippen LogP contribution in [0.5, 0.6) is 0 Å². The number of aromatic nitrogens is 2.